The van der Waals surface area contributed by atoms with Crippen molar-refractivity contribution in [1.29, 1.82) is 0 Å². The van der Waals surface area contributed by atoms with E-state index in [-0.39, 0.29) is 13.0 Å². The molecule has 0 saturated carbocycles. The summed E-state index contributed by atoms with van der Waals surface area (Å²) >= 11 is 0. The number of carbonyl (C=O) groups excluding carboxylic acids is 1. The van der Waals surface area contributed by atoms with Gasteiger partial charge in [-0.1, -0.05) is 12.0 Å². The summed E-state index contributed by atoms with van der Waals surface area (Å²) in [4.78, 5) is 21.7. The van der Waals surface area contributed by atoms with Crippen molar-refractivity contribution >= 4 is 11.9 Å². The molecule has 0 aliphatic rings. The number of rotatable bonds is 4. The molecule has 1 aromatic rings. The fourth-order valence-electron chi connectivity index (χ4n) is 1.42. The quantitative estimate of drug-likeness (QED) is 0.652. The monoisotopic (exact) mass is 262 g/mol. The van der Waals surface area contributed by atoms with Crippen molar-refractivity contribution in [2.45, 2.75) is 13.3 Å². The number of hydrogen-bond donors (Lipinski definition) is 1. The van der Waals surface area contributed by atoms with Gasteiger partial charge in [0.15, 0.2) is 0 Å². The van der Waals surface area contributed by atoms with E-state index >= 15 is 0 Å². The first-order valence-corrected chi connectivity index (χ1v) is 5.64. The highest BCUT2D eigenvalue weighted by molar-refractivity contribution is 5.89. The molecule has 0 aromatic heterocycles. The molecule has 100 valence electrons. The van der Waals surface area contributed by atoms with Gasteiger partial charge in [0.2, 0.25) is 0 Å². The van der Waals surface area contributed by atoms with Gasteiger partial charge in [0.05, 0.1) is 20.1 Å². The second kappa shape index (κ2) is 7.07. The Labute approximate surface area is 111 Å². The Bertz CT molecular complexity index is 537. The first kappa shape index (κ1) is 14.6. The third-order valence-electron chi connectivity index (χ3n) is 2.21. The fraction of sp³-hybridized carbons (Fsp3) is 0.286. The van der Waals surface area contributed by atoms with Crippen LogP contribution in [0.25, 0.3) is 0 Å². The van der Waals surface area contributed by atoms with Gasteiger partial charge in [-0.25, -0.2) is 4.79 Å². The number of carboxylic acid groups (broad SMARTS) is 1. The van der Waals surface area contributed by atoms with Crippen LogP contribution >= 0.6 is 0 Å². The maximum absolute atomic E-state index is 11.1. The average Bonchev–Trinajstić information content (AvgIpc) is 2.37. The lowest BCUT2D eigenvalue weighted by Gasteiger charge is -2.06. The normalized spacial score (nSPS) is 9.16. The lowest BCUT2D eigenvalue weighted by molar-refractivity contribution is -0.137. The summed E-state index contributed by atoms with van der Waals surface area (Å²) in [6, 6.07) is 4.83. The molecule has 0 bridgehead atoms. The molecule has 0 atom stereocenters. The molecular weight excluding hydrogens is 248 g/mol. The van der Waals surface area contributed by atoms with Gasteiger partial charge in [-0.15, -0.1) is 0 Å². The number of benzene rings is 1. The van der Waals surface area contributed by atoms with E-state index in [1.165, 1.54) is 7.11 Å². The molecule has 0 radical (unpaired) electrons. The molecule has 1 N–H and O–H groups in total. The Balaban J connectivity index is 2.93. The molecule has 5 nitrogen and oxygen atoms in total. The molecule has 0 saturated heterocycles. The summed E-state index contributed by atoms with van der Waals surface area (Å²) in [7, 11) is 1.45. The second-order valence-electron chi connectivity index (χ2n) is 3.57. The molecule has 0 heterocycles. The first-order valence-electron chi connectivity index (χ1n) is 5.64. The third-order valence-corrected chi connectivity index (χ3v) is 2.21. The van der Waals surface area contributed by atoms with Crippen LogP contribution in [-0.4, -0.2) is 30.8 Å². The molecule has 0 spiro atoms. The summed E-state index contributed by atoms with van der Waals surface area (Å²) in [6.07, 6.45) is -0.130. The van der Waals surface area contributed by atoms with E-state index in [2.05, 4.69) is 16.6 Å². The molecule has 19 heavy (non-hydrogen) atoms. The molecule has 0 amide bonds. The Morgan fingerprint density at radius 2 is 2.11 bits per heavy atom. The van der Waals surface area contributed by atoms with Crippen LogP contribution in [-0.2, 0) is 20.7 Å². The van der Waals surface area contributed by atoms with Gasteiger partial charge in [-0.2, -0.15) is 0 Å². The van der Waals surface area contributed by atoms with Crippen molar-refractivity contribution in [3.05, 3.63) is 29.3 Å². The maximum atomic E-state index is 11.1. The summed E-state index contributed by atoms with van der Waals surface area (Å²) in [5.41, 5.74) is 1.11. The van der Waals surface area contributed by atoms with Gasteiger partial charge < -0.3 is 14.6 Å². The van der Waals surface area contributed by atoms with Crippen molar-refractivity contribution < 1.29 is 24.2 Å². The highest BCUT2D eigenvalue weighted by Crippen LogP contribution is 2.20. The molecule has 0 unspecified atom stereocenters. The lowest BCUT2D eigenvalue weighted by atomic mass is 10.1. The lowest BCUT2D eigenvalue weighted by Crippen LogP contribution is -2.02. The molecule has 0 fully saturated rings. The van der Waals surface area contributed by atoms with Gasteiger partial charge in [-0.3, -0.25) is 4.79 Å². The van der Waals surface area contributed by atoms with Crippen LogP contribution in [0.4, 0.5) is 0 Å². The predicted molar refractivity (Wildman–Crippen MR) is 67.8 cm³/mol. The third kappa shape index (κ3) is 4.72. The zero-order valence-corrected chi connectivity index (χ0v) is 10.7. The highest BCUT2D eigenvalue weighted by Gasteiger charge is 2.07. The number of carbonyl (C=O) groups is 2. The highest BCUT2D eigenvalue weighted by atomic mass is 16.5. The van der Waals surface area contributed by atoms with Crippen molar-refractivity contribution in [2.75, 3.05) is 13.7 Å². The zero-order chi connectivity index (χ0) is 14.3. The second-order valence-corrected chi connectivity index (χ2v) is 3.57. The van der Waals surface area contributed by atoms with E-state index in [1.54, 1.807) is 25.1 Å². The summed E-state index contributed by atoms with van der Waals surface area (Å²) < 4.78 is 9.77. The SMILES string of the molecule is CCOC(=O)C#Cc1ccc(CC(=O)O)c(OC)c1. The number of methoxy groups -OCH3 is 1. The van der Waals surface area contributed by atoms with Crippen molar-refractivity contribution in [2.24, 2.45) is 0 Å². The number of esters is 1. The Morgan fingerprint density at radius 1 is 1.37 bits per heavy atom. The van der Waals surface area contributed by atoms with Crippen LogP contribution in [0.3, 0.4) is 0 Å². The Kier molecular flexibility index (Phi) is 5.42. The minimum atomic E-state index is -0.941. The predicted octanol–water partition coefficient (Wildman–Crippen LogP) is 1.24. The molecule has 0 aliphatic heterocycles. The first-order chi connectivity index (χ1) is 9.06. The van der Waals surface area contributed by atoms with Crippen LogP contribution in [0.2, 0.25) is 0 Å². The van der Waals surface area contributed by atoms with Crippen molar-refractivity contribution in [1.82, 2.24) is 0 Å². The number of carboxylic acids is 1. The summed E-state index contributed by atoms with van der Waals surface area (Å²) in [5.74, 6) is 3.85. The van der Waals surface area contributed by atoms with Gasteiger partial charge in [0, 0.05) is 17.0 Å². The van der Waals surface area contributed by atoms with E-state index < -0.39 is 11.9 Å². The average molecular weight is 262 g/mol. The smallest absolute Gasteiger partial charge is 0.384 e. The maximum Gasteiger partial charge on any atom is 0.384 e. The minimum Gasteiger partial charge on any atom is -0.496 e. The number of hydrogen-bond acceptors (Lipinski definition) is 4. The molecule has 0 aliphatic carbocycles. The van der Waals surface area contributed by atoms with Gasteiger partial charge >= 0.3 is 11.9 Å². The standard InChI is InChI=1S/C14H14O5/c1-3-19-14(17)7-5-10-4-6-11(9-13(15)16)12(8-10)18-2/h4,6,8H,3,9H2,1-2H3,(H,15,16). The van der Waals surface area contributed by atoms with E-state index in [4.69, 9.17) is 9.84 Å². The van der Waals surface area contributed by atoms with Gasteiger partial charge in [0.1, 0.15) is 5.75 Å². The largest absolute Gasteiger partial charge is 0.496 e. The van der Waals surface area contributed by atoms with E-state index in [9.17, 15) is 9.59 Å². The van der Waals surface area contributed by atoms with Gasteiger partial charge in [-0.05, 0) is 19.1 Å². The van der Waals surface area contributed by atoms with E-state index in [1.807, 2.05) is 0 Å². The Hall–Kier alpha value is -2.48. The summed E-state index contributed by atoms with van der Waals surface area (Å²) in [6.45, 7) is 1.97. The minimum absolute atomic E-state index is 0.130. The topological polar surface area (TPSA) is 72.8 Å². The Morgan fingerprint density at radius 3 is 2.68 bits per heavy atom. The number of ether oxygens (including phenoxy) is 2. The molecule has 1 aromatic carbocycles. The van der Waals surface area contributed by atoms with E-state index in [0.717, 1.165) is 0 Å². The van der Waals surface area contributed by atoms with Gasteiger partial charge in [0.25, 0.3) is 0 Å². The molecule has 5 heteroatoms. The molecular formula is C14H14O5. The zero-order valence-electron chi connectivity index (χ0n) is 10.7. The van der Waals surface area contributed by atoms with Crippen molar-refractivity contribution in [3.8, 4) is 17.6 Å². The van der Waals surface area contributed by atoms with Crippen LogP contribution in [0.1, 0.15) is 18.1 Å². The van der Waals surface area contributed by atoms with Crippen LogP contribution in [0.5, 0.6) is 5.75 Å². The van der Waals surface area contributed by atoms with Crippen LogP contribution < -0.4 is 4.74 Å². The van der Waals surface area contributed by atoms with Crippen LogP contribution in [0, 0.1) is 11.8 Å². The fourth-order valence-corrected chi connectivity index (χ4v) is 1.42. The van der Waals surface area contributed by atoms with Crippen LogP contribution in [0.15, 0.2) is 18.2 Å². The number of aliphatic carboxylic acids is 1. The summed E-state index contributed by atoms with van der Waals surface area (Å²) in [5, 5.41) is 8.75. The van der Waals surface area contributed by atoms with Crippen molar-refractivity contribution in [3.63, 3.8) is 0 Å². The van der Waals surface area contributed by atoms with E-state index in [0.29, 0.717) is 16.9 Å². The molecule has 1 rings (SSSR count).